The first-order chi connectivity index (χ1) is 14.7. The van der Waals surface area contributed by atoms with E-state index >= 15 is 0 Å². The van der Waals surface area contributed by atoms with Gasteiger partial charge >= 0.3 is 0 Å². The van der Waals surface area contributed by atoms with E-state index in [1.165, 1.54) is 10.8 Å². The van der Waals surface area contributed by atoms with Crippen molar-refractivity contribution in [2.24, 2.45) is 5.41 Å². The van der Waals surface area contributed by atoms with Crippen molar-refractivity contribution < 1.29 is 9.59 Å². The first kappa shape index (κ1) is 23.1. The molecule has 1 saturated heterocycles. The Hall–Kier alpha value is -2.60. The van der Waals surface area contributed by atoms with Gasteiger partial charge in [0.05, 0.1) is 6.04 Å². The van der Waals surface area contributed by atoms with Gasteiger partial charge in [-0.05, 0) is 55.1 Å². The third-order valence-electron chi connectivity index (χ3n) is 6.18. The number of amides is 2. The Kier molecular flexibility index (Phi) is 7.21. The van der Waals surface area contributed by atoms with Gasteiger partial charge in [-0.3, -0.25) is 9.59 Å². The smallest absolute Gasteiger partial charge is 0.246 e. The number of rotatable bonds is 7. The average molecular weight is 425 g/mol. The molecule has 168 valence electrons. The second-order valence-corrected chi connectivity index (χ2v) is 9.59. The minimum atomic E-state index is -0.558. The van der Waals surface area contributed by atoms with Crippen LogP contribution >= 0.6 is 0 Å². The number of likely N-dealkylation sites (tertiary alicyclic amines) is 1. The van der Waals surface area contributed by atoms with Gasteiger partial charge in [0.2, 0.25) is 11.8 Å². The summed E-state index contributed by atoms with van der Waals surface area (Å²) in [5.74, 6) is -0.146. The monoisotopic (exact) mass is 424 g/mol. The van der Waals surface area contributed by atoms with Gasteiger partial charge in [0.15, 0.2) is 0 Å². The fourth-order valence-electron chi connectivity index (χ4n) is 4.09. The van der Waals surface area contributed by atoms with Crippen molar-refractivity contribution in [2.45, 2.75) is 58.7 Å². The van der Waals surface area contributed by atoms with E-state index in [1.807, 2.05) is 37.8 Å². The number of likely N-dealkylation sites (N-methyl/N-ethyl adjacent to an activating group) is 1. The van der Waals surface area contributed by atoms with Crippen LogP contribution in [0.4, 0.5) is 5.69 Å². The van der Waals surface area contributed by atoms with Crippen LogP contribution in [0.15, 0.2) is 42.5 Å². The predicted molar refractivity (Wildman–Crippen MR) is 127 cm³/mol. The molecule has 2 aromatic carbocycles. The molecule has 3 atom stereocenters. The maximum atomic E-state index is 13.5. The minimum absolute atomic E-state index is 0.00645. The fourth-order valence-corrected chi connectivity index (χ4v) is 4.09. The second kappa shape index (κ2) is 9.69. The molecule has 1 fully saturated rings. The van der Waals surface area contributed by atoms with Crippen LogP contribution in [0.2, 0.25) is 0 Å². The third kappa shape index (κ3) is 5.56. The number of hydrogen-bond donors (Lipinski definition) is 3. The highest BCUT2D eigenvalue weighted by Gasteiger charge is 2.39. The molecule has 31 heavy (non-hydrogen) atoms. The summed E-state index contributed by atoms with van der Waals surface area (Å²) in [6, 6.07) is 13.8. The number of fused-ring (bicyclic) bond motifs is 1. The highest BCUT2D eigenvalue weighted by atomic mass is 16.2. The summed E-state index contributed by atoms with van der Waals surface area (Å²) in [5, 5.41) is 11.9. The van der Waals surface area contributed by atoms with E-state index in [-0.39, 0.29) is 29.3 Å². The molecule has 1 heterocycles. The Balaban J connectivity index is 1.69. The van der Waals surface area contributed by atoms with Gasteiger partial charge in [-0.2, -0.15) is 0 Å². The summed E-state index contributed by atoms with van der Waals surface area (Å²) < 4.78 is 0. The van der Waals surface area contributed by atoms with Crippen LogP contribution in [0.1, 0.15) is 40.5 Å². The largest absolute Gasteiger partial charge is 0.383 e. The molecular weight excluding hydrogens is 388 g/mol. The number of anilines is 1. The lowest BCUT2D eigenvalue weighted by atomic mass is 9.85. The number of benzene rings is 2. The zero-order valence-corrected chi connectivity index (χ0v) is 19.4. The van der Waals surface area contributed by atoms with Gasteiger partial charge in [0.25, 0.3) is 0 Å². The first-order valence-electron chi connectivity index (χ1n) is 11.2. The van der Waals surface area contributed by atoms with Crippen LogP contribution in [-0.2, 0) is 9.59 Å². The van der Waals surface area contributed by atoms with Gasteiger partial charge in [-0.15, -0.1) is 0 Å². The van der Waals surface area contributed by atoms with Crippen LogP contribution in [-0.4, -0.2) is 55.0 Å². The Morgan fingerprint density at radius 3 is 2.52 bits per heavy atom. The maximum Gasteiger partial charge on any atom is 0.246 e. The summed E-state index contributed by atoms with van der Waals surface area (Å²) in [7, 11) is 1.74. The van der Waals surface area contributed by atoms with E-state index in [2.05, 4.69) is 46.3 Å². The molecule has 0 saturated carbocycles. The van der Waals surface area contributed by atoms with E-state index in [0.717, 1.165) is 25.1 Å². The Morgan fingerprint density at radius 1 is 1.13 bits per heavy atom. The molecule has 2 aromatic rings. The third-order valence-corrected chi connectivity index (χ3v) is 6.18. The molecule has 0 aromatic heterocycles. The molecule has 3 rings (SSSR count). The minimum Gasteiger partial charge on any atom is -0.383 e. The number of nitrogens with one attached hydrogen (secondary N) is 3. The van der Waals surface area contributed by atoms with Gasteiger partial charge in [-0.1, -0.05) is 51.1 Å². The molecule has 2 amide bonds. The molecule has 1 aliphatic rings. The number of nitrogens with zero attached hydrogens (tertiary/aromatic N) is 1. The maximum absolute atomic E-state index is 13.5. The molecule has 0 bridgehead atoms. The van der Waals surface area contributed by atoms with E-state index in [0.29, 0.717) is 6.54 Å². The molecule has 0 unspecified atom stereocenters. The summed E-state index contributed by atoms with van der Waals surface area (Å²) in [6.45, 7) is 9.22. The van der Waals surface area contributed by atoms with Crippen molar-refractivity contribution in [3.8, 4) is 0 Å². The SMILES string of the molecule is CN[C@@H](C)C(=O)N[C@H](C(=O)N1CCC[C@H]1CNc1ccc2ccccc2c1)C(C)(C)C. The molecule has 1 aliphatic heterocycles. The summed E-state index contributed by atoms with van der Waals surface area (Å²) in [4.78, 5) is 27.9. The van der Waals surface area contributed by atoms with Crippen LogP contribution in [0.3, 0.4) is 0 Å². The average Bonchev–Trinajstić information content (AvgIpc) is 3.22. The fraction of sp³-hybridized carbons (Fsp3) is 0.520. The lowest BCUT2D eigenvalue weighted by Gasteiger charge is -2.36. The van der Waals surface area contributed by atoms with Crippen molar-refractivity contribution in [3.63, 3.8) is 0 Å². The molecule has 6 nitrogen and oxygen atoms in total. The quantitative estimate of drug-likeness (QED) is 0.637. The predicted octanol–water partition coefficient (Wildman–Crippen LogP) is 3.38. The number of carbonyl (C=O) groups is 2. The molecule has 0 spiro atoms. The van der Waals surface area contributed by atoms with Crippen molar-refractivity contribution >= 4 is 28.3 Å². The highest BCUT2D eigenvalue weighted by molar-refractivity contribution is 5.90. The van der Waals surface area contributed by atoms with Gasteiger partial charge in [0.1, 0.15) is 6.04 Å². The van der Waals surface area contributed by atoms with Crippen molar-refractivity contribution in [2.75, 3.05) is 25.5 Å². The van der Waals surface area contributed by atoms with Crippen LogP contribution in [0.5, 0.6) is 0 Å². The topological polar surface area (TPSA) is 73.5 Å². The first-order valence-corrected chi connectivity index (χ1v) is 11.2. The molecule has 3 N–H and O–H groups in total. The van der Waals surface area contributed by atoms with E-state index in [9.17, 15) is 9.59 Å². The van der Waals surface area contributed by atoms with Crippen LogP contribution < -0.4 is 16.0 Å². The molecule has 0 radical (unpaired) electrons. The molecule has 6 heteroatoms. The Bertz CT molecular complexity index is 921. The summed E-state index contributed by atoms with van der Waals surface area (Å²) in [6.07, 6.45) is 1.94. The lowest BCUT2D eigenvalue weighted by molar-refractivity contribution is -0.140. The zero-order valence-electron chi connectivity index (χ0n) is 19.4. The summed E-state index contributed by atoms with van der Waals surface area (Å²) >= 11 is 0. The van der Waals surface area contributed by atoms with E-state index < -0.39 is 6.04 Å². The lowest BCUT2D eigenvalue weighted by Crippen LogP contribution is -2.58. The van der Waals surface area contributed by atoms with Gasteiger partial charge < -0.3 is 20.9 Å². The molecule has 0 aliphatic carbocycles. The molecular formula is C25H36N4O2. The Morgan fingerprint density at radius 2 is 1.84 bits per heavy atom. The van der Waals surface area contributed by atoms with Crippen molar-refractivity contribution in [1.82, 2.24) is 15.5 Å². The van der Waals surface area contributed by atoms with Crippen LogP contribution in [0.25, 0.3) is 10.8 Å². The van der Waals surface area contributed by atoms with E-state index in [4.69, 9.17) is 0 Å². The van der Waals surface area contributed by atoms with Crippen molar-refractivity contribution in [1.29, 1.82) is 0 Å². The zero-order chi connectivity index (χ0) is 22.6. The van der Waals surface area contributed by atoms with Crippen molar-refractivity contribution in [3.05, 3.63) is 42.5 Å². The standard InChI is InChI=1S/C25H36N4O2/c1-17(26-5)23(30)28-22(25(2,3)4)24(31)29-14-8-11-21(29)16-27-20-13-12-18-9-6-7-10-19(18)15-20/h6-7,9-10,12-13,15,17,21-22,26-27H,8,11,14,16H2,1-5H3,(H,28,30)/t17-,21-,22+/m0/s1. The number of carbonyl (C=O) groups excluding carboxylic acids is 2. The second-order valence-electron chi connectivity index (χ2n) is 9.59. The van der Waals surface area contributed by atoms with Gasteiger partial charge in [-0.25, -0.2) is 0 Å². The van der Waals surface area contributed by atoms with Crippen LogP contribution in [0, 0.1) is 5.41 Å². The Labute approximate surface area is 185 Å². The van der Waals surface area contributed by atoms with E-state index in [1.54, 1.807) is 14.0 Å². The van der Waals surface area contributed by atoms with Gasteiger partial charge in [0, 0.05) is 24.8 Å². The number of hydrogen-bond acceptors (Lipinski definition) is 4. The highest BCUT2D eigenvalue weighted by Crippen LogP contribution is 2.26. The normalized spacial score (nSPS) is 18.6. The summed E-state index contributed by atoms with van der Waals surface area (Å²) in [5.41, 5.74) is 0.681.